The number of carbonyl (C=O) groups excluding carboxylic acids is 2. The van der Waals surface area contributed by atoms with Crippen molar-refractivity contribution in [3.05, 3.63) is 0 Å². The molecule has 1 rings (SSSR count). The van der Waals surface area contributed by atoms with Gasteiger partial charge >= 0.3 is 0 Å². The number of likely N-dealkylation sites (N-methyl/N-ethyl adjacent to an activating group) is 1. The molecule has 1 fully saturated rings. The summed E-state index contributed by atoms with van der Waals surface area (Å²) in [5.41, 5.74) is 0. The molecule has 0 bridgehead atoms. The molecule has 4 heteroatoms. The Hall–Kier alpha value is -0.900. The minimum atomic E-state index is -0.544. The molecule has 56 valence electrons. The highest BCUT2D eigenvalue weighted by molar-refractivity contribution is 6.04. The zero-order valence-corrected chi connectivity index (χ0v) is 5.96. The molecule has 1 unspecified atom stereocenters. The Morgan fingerprint density at radius 3 is 2.40 bits per heavy atom. The number of likely N-dealkylation sites (tertiary alicyclic amines) is 1. The van der Waals surface area contributed by atoms with E-state index >= 15 is 0 Å². The summed E-state index contributed by atoms with van der Waals surface area (Å²) in [7, 11) is 2.89. The molecule has 1 aliphatic rings. The highest BCUT2D eigenvalue weighted by atomic mass is 16.5. The van der Waals surface area contributed by atoms with Crippen molar-refractivity contribution >= 4 is 11.8 Å². The molecule has 0 saturated carbocycles. The zero-order chi connectivity index (χ0) is 7.72. The van der Waals surface area contributed by atoms with Crippen molar-refractivity contribution in [3.8, 4) is 0 Å². The molecular formula is C6H9NO3. The van der Waals surface area contributed by atoms with E-state index in [4.69, 9.17) is 4.74 Å². The van der Waals surface area contributed by atoms with E-state index in [0.29, 0.717) is 0 Å². The first-order valence-corrected chi connectivity index (χ1v) is 3.00. The molecule has 0 radical (unpaired) electrons. The van der Waals surface area contributed by atoms with Crippen LogP contribution in [0.3, 0.4) is 0 Å². The summed E-state index contributed by atoms with van der Waals surface area (Å²) in [4.78, 5) is 22.8. The normalized spacial score (nSPS) is 26.2. The molecule has 2 amide bonds. The third-order valence-corrected chi connectivity index (χ3v) is 1.62. The molecule has 0 aromatic heterocycles. The lowest BCUT2D eigenvalue weighted by Gasteiger charge is -2.05. The van der Waals surface area contributed by atoms with E-state index in [1.165, 1.54) is 14.2 Å². The molecule has 0 aromatic rings. The third-order valence-electron chi connectivity index (χ3n) is 1.62. The number of imide groups is 1. The average Bonchev–Trinajstić information content (AvgIpc) is 2.17. The van der Waals surface area contributed by atoms with Gasteiger partial charge in [0.2, 0.25) is 5.91 Å². The molecule has 0 aromatic carbocycles. The topological polar surface area (TPSA) is 46.6 Å². The molecule has 1 heterocycles. The van der Waals surface area contributed by atoms with Gasteiger partial charge in [0.05, 0.1) is 6.42 Å². The van der Waals surface area contributed by atoms with Crippen LogP contribution < -0.4 is 0 Å². The number of amides is 2. The minimum Gasteiger partial charge on any atom is -0.371 e. The van der Waals surface area contributed by atoms with Crippen molar-refractivity contribution in [1.82, 2.24) is 4.90 Å². The maximum atomic E-state index is 10.9. The Labute approximate surface area is 58.8 Å². The van der Waals surface area contributed by atoms with Gasteiger partial charge in [-0.15, -0.1) is 0 Å². The molecule has 1 atom stereocenters. The van der Waals surface area contributed by atoms with E-state index in [0.717, 1.165) is 4.90 Å². The van der Waals surface area contributed by atoms with Gasteiger partial charge in [0, 0.05) is 14.2 Å². The van der Waals surface area contributed by atoms with Gasteiger partial charge in [0.15, 0.2) is 0 Å². The van der Waals surface area contributed by atoms with Gasteiger partial charge in [0.25, 0.3) is 5.91 Å². The third kappa shape index (κ3) is 0.903. The van der Waals surface area contributed by atoms with Gasteiger partial charge in [-0.3, -0.25) is 14.5 Å². The number of hydrogen-bond donors (Lipinski definition) is 0. The fourth-order valence-corrected chi connectivity index (χ4v) is 0.906. The second-order valence-electron chi connectivity index (χ2n) is 2.22. The van der Waals surface area contributed by atoms with Gasteiger partial charge in [-0.2, -0.15) is 0 Å². The standard InChI is InChI=1S/C6H9NO3/c1-7-5(8)3-4(10-2)6(7)9/h4H,3H2,1-2H3. The molecule has 0 N–H and O–H groups in total. The van der Waals surface area contributed by atoms with E-state index < -0.39 is 6.10 Å². The predicted octanol–water partition coefficient (Wildman–Crippen LogP) is -0.610. The molecule has 0 aliphatic carbocycles. The first-order chi connectivity index (χ1) is 4.66. The van der Waals surface area contributed by atoms with Crippen molar-refractivity contribution in [2.24, 2.45) is 0 Å². The van der Waals surface area contributed by atoms with Crippen LogP contribution in [0, 0.1) is 0 Å². The summed E-state index contributed by atoms with van der Waals surface area (Å²) in [6.07, 6.45) is -0.358. The Bertz CT molecular complexity index is 178. The highest BCUT2D eigenvalue weighted by Crippen LogP contribution is 2.12. The number of methoxy groups -OCH3 is 1. The van der Waals surface area contributed by atoms with Crippen LogP contribution in [-0.4, -0.2) is 37.0 Å². The first kappa shape index (κ1) is 7.21. The number of hydrogen-bond acceptors (Lipinski definition) is 3. The van der Waals surface area contributed by atoms with Crippen LogP contribution in [0.2, 0.25) is 0 Å². The van der Waals surface area contributed by atoms with Crippen LogP contribution in [0.4, 0.5) is 0 Å². The van der Waals surface area contributed by atoms with E-state index in [1.54, 1.807) is 0 Å². The number of ether oxygens (including phenoxy) is 1. The Morgan fingerprint density at radius 2 is 2.20 bits per heavy atom. The van der Waals surface area contributed by atoms with Gasteiger partial charge in [-0.05, 0) is 0 Å². The van der Waals surface area contributed by atoms with Crippen molar-refractivity contribution in [1.29, 1.82) is 0 Å². The summed E-state index contributed by atoms with van der Waals surface area (Å²) < 4.78 is 4.75. The monoisotopic (exact) mass is 143 g/mol. The maximum Gasteiger partial charge on any atom is 0.258 e. The maximum absolute atomic E-state index is 10.9. The summed E-state index contributed by atoms with van der Waals surface area (Å²) in [5, 5.41) is 0. The van der Waals surface area contributed by atoms with E-state index in [1.807, 2.05) is 0 Å². The van der Waals surface area contributed by atoms with Crippen LogP contribution in [0.5, 0.6) is 0 Å². The van der Waals surface area contributed by atoms with E-state index in [-0.39, 0.29) is 18.2 Å². The van der Waals surface area contributed by atoms with Crippen LogP contribution in [0.1, 0.15) is 6.42 Å². The second kappa shape index (κ2) is 2.38. The van der Waals surface area contributed by atoms with Gasteiger partial charge in [0.1, 0.15) is 6.10 Å². The Balaban J connectivity index is 2.71. The second-order valence-corrected chi connectivity index (χ2v) is 2.22. The van der Waals surface area contributed by atoms with Crippen LogP contribution in [0.25, 0.3) is 0 Å². The van der Waals surface area contributed by atoms with Crippen molar-refractivity contribution in [2.45, 2.75) is 12.5 Å². The van der Waals surface area contributed by atoms with Crippen molar-refractivity contribution in [3.63, 3.8) is 0 Å². The summed E-state index contributed by atoms with van der Waals surface area (Å²) in [6.45, 7) is 0. The summed E-state index contributed by atoms with van der Waals surface area (Å²) in [5.74, 6) is -0.413. The Morgan fingerprint density at radius 1 is 1.60 bits per heavy atom. The molecular weight excluding hydrogens is 134 g/mol. The van der Waals surface area contributed by atoms with Gasteiger partial charge in [-0.1, -0.05) is 0 Å². The lowest BCUT2D eigenvalue weighted by molar-refractivity contribution is -0.139. The molecule has 0 spiro atoms. The molecule has 10 heavy (non-hydrogen) atoms. The lowest BCUT2D eigenvalue weighted by atomic mass is 10.3. The largest absolute Gasteiger partial charge is 0.371 e. The summed E-state index contributed by atoms with van der Waals surface area (Å²) >= 11 is 0. The van der Waals surface area contributed by atoms with Crippen molar-refractivity contribution in [2.75, 3.05) is 14.2 Å². The smallest absolute Gasteiger partial charge is 0.258 e. The van der Waals surface area contributed by atoms with Crippen LogP contribution >= 0.6 is 0 Å². The summed E-state index contributed by atoms with van der Waals surface area (Å²) in [6, 6.07) is 0. The first-order valence-electron chi connectivity index (χ1n) is 3.00. The van der Waals surface area contributed by atoms with Gasteiger partial charge < -0.3 is 4.74 Å². The molecule has 1 saturated heterocycles. The zero-order valence-electron chi connectivity index (χ0n) is 5.96. The highest BCUT2D eigenvalue weighted by Gasteiger charge is 2.35. The Kier molecular flexibility index (Phi) is 1.72. The number of nitrogens with zero attached hydrogens (tertiary/aromatic N) is 1. The molecule has 4 nitrogen and oxygen atoms in total. The van der Waals surface area contributed by atoms with Crippen LogP contribution in [0.15, 0.2) is 0 Å². The molecule has 1 aliphatic heterocycles. The van der Waals surface area contributed by atoms with Crippen molar-refractivity contribution < 1.29 is 14.3 Å². The van der Waals surface area contributed by atoms with E-state index in [2.05, 4.69) is 0 Å². The van der Waals surface area contributed by atoms with Gasteiger partial charge in [-0.25, -0.2) is 0 Å². The number of carbonyl (C=O) groups is 2. The predicted molar refractivity (Wildman–Crippen MR) is 33.2 cm³/mol. The van der Waals surface area contributed by atoms with E-state index in [9.17, 15) is 9.59 Å². The minimum absolute atomic E-state index is 0.170. The average molecular weight is 143 g/mol. The number of rotatable bonds is 1. The van der Waals surface area contributed by atoms with Crippen LogP contribution in [-0.2, 0) is 14.3 Å². The fraction of sp³-hybridized carbons (Fsp3) is 0.667. The SMILES string of the molecule is COC1CC(=O)N(C)C1=O. The lowest BCUT2D eigenvalue weighted by Crippen LogP contribution is -2.28. The fourth-order valence-electron chi connectivity index (χ4n) is 0.906. The quantitative estimate of drug-likeness (QED) is 0.460.